The maximum absolute atomic E-state index is 12.8. The van der Waals surface area contributed by atoms with Crippen molar-refractivity contribution in [3.05, 3.63) is 60.2 Å². The molecule has 28 heavy (non-hydrogen) atoms. The Bertz CT molecular complexity index is 767. The van der Waals surface area contributed by atoms with Gasteiger partial charge in [-0.1, -0.05) is 37.3 Å². The number of halogens is 2. The van der Waals surface area contributed by atoms with E-state index in [1.807, 2.05) is 25.1 Å². The molecule has 1 atom stereocenters. The average molecular weight is 390 g/mol. The Morgan fingerprint density at radius 3 is 2.29 bits per heavy atom. The number of benzene rings is 2. The lowest BCUT2D eigenvalue weighted by atomic mass is 10.1. The second-order valence-electron chi connectivity index (χ2n) is 6.32. The van der Waals surface area contributed by atoms with E-state index < -0.39 is 12.7 Å². The van der Waals surface area contributed by atoms with E-state index in [-0.39, 0.29) is 24.0 Å². The van der Waals surface area contributed by atoms with Gasteiger partial charge in [0, 0.05) is 12.2 Å². The lowest BCUT2D eigenvalue weighted by molar-refractivity contribution is -0.137. The summed E-state index contributed by atoms with van der Waals surface area (Å²) in [6, 6.07) is 14.3. The van der Waals surface area contributed by atoms with Crippen LogP contribution >= 0.6 is 0 Å². The van der Waals surface area contributed by atoms with Gasteiger partial charge in [0.05, 0.1) is 6.42 Å². The molecule has 150 valence electrons. The third-order valence-electron chi connectivity index (χ3n) is 4.18. The first-order chi connectivity index (χ1) is 13.4. The molecule has 0 spiro atoms. The number of alkyl halides is 2. The van der Waals surface area contributed by atoms with Gasteiger partial charge in [-0.05, 0) is 43.2 Å². The maximum Gasteiger partial charge on any atom is 0.387 e. The Hall–Kier alpha value is -2.96. The highest BCUT2D eigenvalue weighted by atomic mass is 19.3. The zero-order valence-electron chi connectivity index (χ0n) is 15.9. The van der Waals surface area contributed by atoms with E-state index in [2.05, 4.69) is 10.1 Å². The van der Waals surface area contributed by atoms with Crippen LogP contribution in [0.25, 0.3) is 0 Å². The molecule has 5 nitrogen and oxygen atoms in total. The number of nitrogens with zero attached hydrogens (tertiary/aromatic N) is 1. The number of carbonyl (C=O) groups excluding carboxylic acids is 2. The Balaban J connectivity index is 2.02. The third-order valence-corrected chi connectivity index (χ3v) is 4.18. The minimum Gasteiger partial charge on any atom is -0.435 e. The standard InChI is InChI=1S/C21H24F2N2O3/c1-3-13-25(15(2)20(27)24-17-7-5-4-6-8-17)19(26)14-16-9-11-18(12-10-16)28-21(22)23/h4-12,15,21H,3,13-14H2,1-2H3,(H,24,27). The van der Waals surface area contributed by atoms with Gasteiger partial charge in [-0.25, -0.2) is 0 Å². The highest BCUT2D eigenvalue weighted by Crippen LogP contribution is 2.16. The molecule has 0 bridgehead atoms. The van der Waals surface area contributed by atoms with E-state index in [0.29, 0.717) is 24.2 Å². The molecule has 1 unspecified atom stereocenters. The first-order valence-corrected chi connectivity index (χ1v) is 9.09. The molecule has 0 aliphatic carbocycles. The Labute approximate surface area is 163 Å². The number of carbonyl (C=O) groups is 2. The fourth-order valence-corrected chi connectivity index (χ4v) is 2.75. The average Bonchev–Trinajstić information content (AvgIpc) is 2.67. The molecule has 0 fully saturated rings. The third kappa shape index (κ3) is 6.33. The van der Waals surface area contributed by atoms with Crippen LogP contribution in [0.1, 0.15) is 25.8 Å². The van der Waals surface area contributed by atoms with Gasteiger partial charge in [-0.2, -0.15) is 8.78 Å². The molecule has 0 saturated carbocycles. The molecule has 2 aromatic rings. The minimum atomic E-state index is -2.89. The number of hydrogen-bond donors (Lipinski definition) is 1. The van der Waals surface area contributed by atoms with Gasteiger partial charge in [-0.15, -0.1) is 0 Å². The molecule has 0 aliphatic heterocycles. The van der Waals surface area contributed by atoms with Crippen LogP contribution in [0.15, 0.2) is 54.6 Å². The molecule has 0 aromatic heterocycles. The first-order valence-electron chi connectivity index (χ1n) is 9.09. The van der Waals surface area contributed by atoms with Gasteiger partial charge < -0.3 is 15.0 Å². The quantitative estimate of drug-likeness (QED) is 0.701. The second-order valence-corrected chi connectivity index (χ2v) is 6.32. The van der Waals surface area contributed by atoms with Gasteiger partial charge in [0.2, 0.25) is 11.8 Å². The zero-order valence-corrected chi connectivity index (χ0v) is 15.9. The van der Waals surface area contributed by atoms with E-state index in [4.69, 9.17) is 0 Å². The number of hydrogen-bond acceptors (Lipinski definition) is 3. The van der Waals surface area contributed by atoms with Crippen molar-refractivity contribution in [2.45, 2.75) is 39.3 Å². The Kier molecular flexibility index (Phi) is 7.92. The van der Waals surface area contributed by atoms with Crippen LogP contribution < -0.4 is 10.1 Å². The van der Waals surface area contributed by atoms with Crippen molar-refractivity contribution >= 4 is 17.5 Å². The number of amides is 2. The predicted octanol–water partition coefficient (Wildman–Crippen LogP) is 4.10. The number of nitrogens with one attached hydrogen (secondary N) is 1. The van der Waals surface area contributed by atoms with Crippen molar-refractivity contribution in [3.63, 3.8) is 0 Å². The van der Waals surface area contributed by atoms with Crippen molar-refractivity contribution in [1.29, 1.82) is 0 Å². The van der Waals surface area contributed by atoms with E-state index in [1.54, 1.807) is 31.2 Å². The predicted molar refractivity (Wildman–Crippen MR) is 103 cm³/mol. The van der Waals surface area contributed by atoms with Crippen molar-refractivity contribution < 1.29 is 23.1 Å². The van der Waals surface area contributed by atoms with Gasteiger partial charge in [0.15, 0.2) is 0 Å². The maximum atomic E-state index is 12.8. The molecule has 1 N–H and O–H groups in total. The normalized spacial score (nSPS) is 11.8. The number of para-hydroxylation sites is 1. The van der Waals surface area contributed by atoms with Gasteiger partial charge >= 0.3 is 6.61 Å². The molecule has 0 heterocycles. The van der Waals surface area contributed by atoms with E-state index in [9.17, 15) is 18.4 Å². The summed E-state index contributed by atoms with van der Waals surface area (Å²) in [7, 11) is 0. The summed E-state index contributed by atoms with van der Waals surface area (Å²) in [6.07, 6.45) is 0.772. The molecule has 0 saturated heterocycles. The molecule has 2 amide bonds. The summed E-state index contributed by atoms with van der Waals surface area (Å²) < 4.78 is 28.7. The number of ether oxygens (including phenoxy) is 1. The summed E-state index contributed by atoms with van der Waals surface area (Å²) in [5.74, 6) is -0.444. The molecule has 7 heteroatoms. The monoisotopic (exact) mass is 390 g/mol. The lowest BCUT2D eigenvalue weighted by Gasteiger charge is -2.28. The highest BCUT2D eigenvalue weighted by molar-refractivity contribution is 5.97. The van der Waals surface area contributed by atoms with Crippen molar-refractivity contribution in [2.24, 2.45) is 0 Å². The van der Waals surface area contributed by atoms with Gasteiger partial charge in [0.1, 0.15) is 11.8 Å². The molecular weight excluding hydrogens is 366 g/mol. The number of anilines is 1. The fourth-order valence-electron chi connectivity index (χ4n) is 2.75. The minimum absolute atomic E-state index is 0.0345. The van der Waals surface area contributed by atoms with Crippen molar-refractivity contribution in [3.8, 4) is 5.75 Å². The summed E-state index contributed by atoms with van der Waals surface area (Å²) in [5.41, 5.74) is 1.32. The highest BCUT2D eigenvalue weighted by Gasteiger charge is 2.25. The second kappa shape index (κ2) is 10.4. The van der Waals surface area contributed by atoms with Crippen LogP contribution in [0, 0.1) is 0 Å². The van der Waals surface area contributed by atoms with Crippen molar-refractivity contribution in [1.82, 2.24) is 4.90 Å². The Morgan fingerprint density at radius 2 is 1.71 bits per heavy atom. The molecule has 2 aromatic carbocycles. The van der Waals surface area contributed by atoms with Crippen LogP contribution in [-0.4, -0.2) is 35.9 Å². The van der Waals surface area contributed by atoms with Crippen molar-refractivity contribution in [2.75, 3.05) is 11.9 Å². The van der Waals surface area contributed by atoms with Crippen LogP contribution in [0.5, 0.6) is 5.75 Å². The Morgan fingerprint density at radius 1 is 1.07 bits per heavy atom. The summed E-state index contributed by atoms with van der Waals surface area (Å²) in [5, 5.41) is 2.80. The van der Waals surface area contributed by atoms with E-state index in [0.717, 1.165) is 0 Å². The van der Waals surface area contributed by atoms with E-state index >= 15 is 0 Å². The lowest BCUT2D eigenvalue weighted by Crippen LogP contribution is -2.46. The van der Waals surface area contributed by atoms with Gasteiger partial charge in [-0.3, -0.25) is 9.59 Å². The molecule has 0 aliphatic rings. The zero-order chi connectivity index (χ0) is 20.5. The van der Waals surface area contributed by atoms with Crippen LogP contribution in [0.3, 0.4) is 0 Å². The fraction of sp³-hybridized carbons (Fsp3) is 0.333. The topological polar surface area (TPSA) is 58.6 Å². The molecule has 0 radical (unpaired) electrons. The first kappa shape index (κ1) is 21.3. The van der Waals surface area contributed by atoms with Gasteiger partial charge in [0.25, 0.3) is 0 Å². The van der Waals surface area contributed by atoms with Crippen LogP contribution in [0.4, 0.5) is 14.5 Å². The summed E-state index contributed by atoms with van der Waals surface area (Å²) >= 11 is 0. The molecular formula is C21H24F2N2O3. The SMILES string of the molecule is CCCN(C(=O)Cc1ccc(OC(F)F)cc1)C(C)C(=O)Nc1ccccc1. The largest absolute Gasteiger partial charge is 0.435 e. The smallest absolute Gasteiger partial charge is 0.387 e. The van der Waals surface area contributed by atoms with E-state index in [1.165, 1.54) is 17.0 Å². The molecule has 2 rings (SSSR count). The summed E-state index contributed by atoms with van der Waals surface area (Å²) in [6.45, 7) is 1.16. The summed E-state index contributed by atoms with van der Waals surface area (Å²) in [4.78, 5) is 26.8. The van der Waals surface area contributed by atoms with Crippen LogP contribution in [-0.2, 0) is 16.0 Å². The van der Waals surface area contributed by atoms with Crippen LogP contribution in [0.2, 0.25) is 0 Å². The number of rotatable bonds is 9.